The number of Topliss-reactive ketones (excluding diaryl/α,β-unsaturated/α-hetero) is 1. The van der Waals surface area contributed by atoms with Crippen molar-refractivity contribution in [1.29, 1.82) is 0 Å². The fourth-order valence-corrected chi connectivity index (χ4v) is 5.23. The van der Waals surface area contributed by atoms with Gasteiger partial charge in [0.1, 0.15) is 11.5 Å². The summed E-state index contributed by atoms with van der Waals surface area (Å²) in [5.41, 5.74) is 4.05. The molecule has 1 N–H and O–H groups in total. The summed E-state index contributed by atoms with van der Waals surface area (Å²) in [6, 6.07) is 20.2. The van der Waals surface area contributed by atoms with Crippen LogP contribution in [0, 0.1) is 5.92 Å². The molecule has 5 heteroatoms. The fraction of sp³-hybridized carbons (Fsp3) is 0.250. The van der Waals surface area contributed by atoms with E-state index >= 15 is 0 Å². The van der Waals surface area contributed by atoms with Gasteiger partial charge in [0.25, 0.3) is 0 Å². The number of aliphatic imine (C=N–C) groups is 1. The van der Waals surface area contributed by atoms with Crippen LogP contribution in [-0.2, 0) is 4.79 Å². The zero-order valence-electron chi connectivity index (χ0n) is 16.2. The first-order valence-electron chi connectivity index (χ1n) is 9.86. The van der Waals surface area contributed by atoms with Crippen molar-refractivity contribution in [3.63, 3.8) is 0 Å². The number of methoxy groups -OCH3 is 1. The summed E-state index contributed by atoms with van der Waals surface area (Å²) in [6.07, 6.45) is 1.33. The largest absolute Gasteiger partial charge is 0.497 e. The highest BCUT2D eigenvalue weighted by molar-refractivity contribution is 7.10. The van der Waals surface area contributed by atoms with Gasteiger partial charge in [0.05, 0.1) is 30.4 Å². The van der Waals surface area contributed by atoms with Crippen LogP contribution >= 0.6 is 11.3 Å². The van der Waals surface area contributed by atoms with Gasteiger partial charge in [0.15, 0.2) is 0 Å². The van der Waals surface area contributed by atoms with Crippen molar-refractivity contribution in [3.8, 4) is 5.75 Å². The lowest BCUT2D eigenvalue weighted by Crippen LogP contribution is -2.38. The second kappa shape index (κ2) is 7.48. The number of ether oxygens (including phenoxy) is 1. The molecule has 0 radical (unpaired) electrons. The second-order valence-electron chi connectivity index (χ2n) is 7.58. The first-order chi connectivity index (χ1) is 14.2. The molecule has 0 spiro atoms. The highest BCUT2D eigenvalue weighted by atomic mass is 32.1. The van der Waals surface area contributed by atoms with Gasteiger partial charge in [-0.25, -0.2) is 0 Å². The average Bonchev–Trinajstić information content (AvgIpc) is 3.22. The van der Waals surface area contributed by atoms with Crippen molar-refractivity contribution in [3.05, 3.63) is 76.5 Å². The lowest BCUT2D eigenvalue weighted by Gasteiger charge is -2.33. The number of ketones is 1. The first-order valence-corrected chi connectivity index (χ1v) is 10.7. The van der Waals surface area contributed by atoms with E-state index in [-0.39, 0.29) is 23.7 Å². The van der Waals surface area contributed by atoms with Crippen LogP contribution in [0.2, 0.25) is 0 Å². The van der Waals surface area contributed by atoms with E-state index in [0.717, 1.165) is 29.3 Å². The zero-order chi connectivity index (χ0) is 19.8. The molecule has 1 saturated carbocycles. The summed E-state index contributed by atoms with van der Waals surface area (Å²) in [5.74, 6) is 1.01. The lowest BCUT2D eigenvalue weighted by molar-refractivity contribution is -0.122. The topological polar surface area (TPSA) is 50.7 Å². The Bertz CT molecular complexity index is 1060. The summed E-state index contributed by atoms with van der Waals surface area (Å²) in [5, 5.41) is 5.69. The Labute approximate surface area is 174 Å². The van der Waals surface area contributed by atoms with Crippen molar-refractivity contribution >= 4 is 34.2 Å². The predicted molar refractivity (Wildman–Crippen MR) is 118 cm³/mol. The van der Waals surface area contributed by atoms with Crippen LogP contribution in [0.4, 0.5) is 11.4 Å². The van der Waals surface area contributed by atoms with Crippen molar-refractivity contribution in [2.45, 2.75) is 24.8 Å². The van der Waals surface area contributed by atoms with E-state index in [1.165, 1.54) is 10.4 Å². The maximum absolute atomic E-state index is 13.4. The van der Waals surface area contributed by atoms with E-state index in [1.807, 2.05) is 42.5 Å². The molecule has 4 nitrogen and oxygen atoms in total. The van der Waals surface area contributed by atoms with Crippen molar-refractivity contribution < 1.29 is 9.53 Å². The normalized spacial score (nSPS) is 23.3. The van der Waals surface area contributed by atoms with Crippen LogP contribution in [0.25, 0.3) is 0 Å². The Morgan fingerprint density at radius 1 is 1.03 bits per heavy atom. The van der Waals surface area contributed by atoms with Crippen molar-refractivity contribution in [2.24, 2.45) is 10.9 Å². The van der Waals surface area contributed by atoms with Crippen molar-refractivity contribution in [2.75, 3.05) is 12.4 Å². The van der Waals surface area contributed by atoms with Crippen LogP contribution in [0.3, 0.4) is 0 Å². The van der Waals surface area contributed by atoms with Crippen LogP contribution in [-0.4, -0.2) is 18.6 Å². The third-order valence-electron chi connectivity index (χ3n) is 5.86. The standard InChI is InChI=1S/C24H22N2O2S/c1-28-17-10-8-15(9-11-17)16-13-20-23(21(27)14-16)24(22-7-4-12-29-22)26-19-6-3-2-5-18(19)25-20/h2-12,16,23-24,26H,13-14H2,1H3/t16-,23?,24-/m0/s1. The molecule has 1 aliphatic heterocycles. The SMILES string of the molecule is COc1ccc([C@@H]2CC(=O)C3C(=Nc4ccccc4N[C@H]3c3cccs3)C2)cc1. The Morgan fingerprint density at radius 3 is 2.62 bits per heavy atom. The summed E-state index contributed by atoms with van der Waals surface area (Å²) < 4.78 is 5.28. The minimum absolute atomic E-state index is 0.0679. The summed E-state index contributed by atoms with van der Waals surface area (Å²) in [6.45, 7) is 0. The molecule has 1 aliphatic carbocycles. The number of hydrogen-bond acceptors (Lipinski definition) is 5. The molecular formula is C24H22N2O2S. The Morgan fingerprint density at radius 2 is 1.86 bits per heavy atom. The number of nitrogens with one attached hydrogen (secondary N) is 1. The van der Waals surface area contributed by atoms with Gasteiger partial charge in [0, 0.05) is 17.0 Å². The lowest BCUT2D eigenvalue weighted by atomic mass is 9.73. The highest BCUT2D eigenvalue weighted by Crippen LogP contribution is 2.44. The van der Waals surface area contributed by atoms with E-state index in [4.69, 9.17) is 9.73 Å². The molecule has 2 aromatic carbocycles. The Kier molecular flexibility index (Phi) is 4.68. The monoisotopic (exact) mass is 402 g/mol. The third kappa shape index (κ3) is 3.36. The minimum Gasteiger partial charge on any atom is -0.497 e. The number of fused-ring (bicyclic) bond motifs is 2. The second-order valence-corrected chi connectivity index (χ2v) is 8.56. The maximum atomic E-state index is 13.4. The number of carbonyl (C=O) groups excluding carboxylic acids is 1. The molecule has 0 amide bonds. The molecule has 3 aromatic rings. The smallest absolute Gasteiger partial charge is 0.144 e. The van der Waals surface area contributed by atoms with E-state index in [0.29, 0.717) is 6.42 Å². The third-order valence-corrected chi connectivity index (χ3v) is 6.81. The molecule has 2 aliphatic rings. The summed E-state index contributed by atoms with van der Waals surface area (Å²) in [4.78, 5) is 19.6. The van der Waals surface area contributed by atoms with Crippen LogP contribution < -0.4 is 10.1 Å². The first kappa shape index (κ1) is 18.1. The molecular weight excluding hydrogens is 380 g/mol. The molecule has 3 atom stereocenters. The van der Waals surface area contributed by atoms with Gasteiger partial charge in [-0.3, -0.25) is 9.79 Å². The van der Waals surface area contributed by atoms with Gasteiger partial charge in [-0.1, -0.05) is 30.3 Å². The number of rotatable bonds is 3. The van der Waals surface area contributed by atoms with E-state index in [1.54, 1.807) is 18.4 Å². The van der Waals surface area contributed by atoms with Gasteiger partial charge < -0.3 is 10.1 Å². The molecule has 0 bridgehead atoms. The van der Waals surface area contributed by atoms with Crippen LogP contribution in [0.15, 0.2) is 71.0 Å². The average molecular weight is 403 g/mol. The minimum atomic E-state index is -0.226. The predicted octanol–water partition coefficient (Wildman–Crippen LogP) is 5.76. The molecule has 5 rings (SSSR count). The molecule has 29 heavy (non-hydrogen) atoms. The quantitative estimate of drug-likeness (QED) is 0.606. The molecule has 146 valence electrons. The number of thiophene rings is 1. The summed E-state index contributed by atoms with van der Waals surface area (Å²) in [7, 11) is 1.67. The number of benzene rings is 2. The van der Waals surface area contributed by atoms with Crippen LogP contribution in [0.1, 0.15) is 35.2 Å². The molecule has 2 heterocycles. The van der Waals surface area contributed by atoms with Crippen LogP contribution in [0.5, 0.6) is 5.75 Å². The number of hydrogen-bond donors (Lipinski definition) is 1. The highest BCUT2D eigenvalue weighted by Gasteiger charge is 2.41. The number of anilines is 1. The maximum Gasteiger partial charge on any atom is 0.144 e. The van der Waals surface area contributed by atoms with Gasteiger partial charge in [0.2, 0.25) is 0 Å². The van der Waals surface area contributed by atoms with E-state index in [2.05, 4.69) is 28.9 Å². The molecule has 1 unspecified atom stereocenters. The Balaban J connectivity index is 1.55. The van der Waals surface area contributed by atoms with Crippen molar-refractivity contribution in [1.82, 2.24) is 0 Å². The number of nitrogens with zero attached hydrogens (tertiary/aromatic N) is 1. The van der Waals surface area contributed by atoms with E-state index < -0.39 is 0 Å². The van der Waals surface area contributed by atoms with Gasteiger partial charge in [-0.15, -0.1) is 11.3 Å². The Hall–Kier alpha value is -2.92. The van der Waals surface area contributed by atoms with E-state index in [9.17, 15) is 4.79 Å². The van der Waals surface area contributed by atoms with Gasteiger partial charge in [-0.2, -0.15) is 0 Å². The fourth-order valence-electron chi connectivity index (χ4n) is 4.41. The zero-order valence-corrected chi connectivity index (χ0v) is 17.0. The van der Waals surface area contributed by atoms with Gasteiger partial charge >= 0.3 is 0 Å². The number of para-hydroxylation sites is 2. The molecule has 1 aromatic heterocycles. The molecule has 1 fully saturated rings. The molecule has 0 saturated heterocycles. The number of carbonyl (C=O) groups is 1. The summed E-state index contributed by atoms with van der Waals surface area (Å²) >= 11 is 1.69. The van der Waals surface area contributed by atoms with Gasteiger partial charge in [-0.05, 0) is 53.6 Å².